The molecule has 0 unspecified atom stereocenters. The SMILES string of the molecule is CC1=[N+]([O-])OC/C1=C\c1cc(Br)ccc1[N+](=O)[O-]. The fourth-order valence-electron chi connectivity index (χ4n) is 1.59. The van der Waals surface area contributed by atoms with E-state index >= 15 is 0 Å². The van der Waals surface area contributed by atoms with Gasteiger partial charge in [-0.15, -0.1) is 0 Å². The number of hydrogen-bond donors (Lipinski definition) is 0. The number of hydrogen-bond acceptors (Lipinski definition) is 4. The molecule has 6 nitrogen and oxygen atoms in total. The highest BCUT2D eigenvalue weighted by Crippen LogP contribution is 2.26. The lowest BCUT2D eigenvalue weighted by atomic mass is 10.1. The van der Waals surface area contributed by atoms with Crippen molar-refractivity contribution in [2.24, 2.45) is 0 Å². The van der Waals surface area contributed by atoms with E-state index in [2.05, 4.69) is 15.9 Å². The van der Waals surface area contributed by atoms with Crippen LogP contribution in [0.25, 0.3) is 6.08 Å². The first-order valence-corrected chi connectivity index (χ1v) is 5.87. The molecule has 1 aromatic rings. The van der Waals surface area contributed by atoms with Crippen LogP contribution in [0.2, 0.25) is 0 Å². The number of nitro groups is 1. The van der Waals surface area contributed by atoms with Crippen molar-refractivity contribution in [2.45, 2.75) is 6.92 Å². The lowest BCUT2D eigenvalue weighted by molar-refractivity contribution is -0.730. The van der Waals surface area contributed by atoms with Crippen LogP contribution in [0.3, 0.4) is 0 Å². The standard InChI is InChI=1S/C11H9BrN2O4/c1-7-9(6-18-14(7)17)4-8-5-10(12)2-3-11(8)13(15)16/h2-5H,6H2,1H3/b9-4+. The molecule has 1 aliphatic heterocycles. The number of benzene rings is 1. The predicted molar refractivity (Wildman–Crippen MR) is 69.0 cm³/mol. The van der Waals surface area contributed by atoms with E-state index in [9.17, 15) is 15.3 Å². The summed E-state index contributed by atoms with van der Waals surface area (Å²) in [5.74, 6) is 0. The molecule has 0 N–H and O–H groups in total. The summed E-state index contributed by atoms with van der Waals surface area (Å²) < 4.78 is 0.732. The fraction of sp³-hybridized carbons (Fsp3) is 0.182. The summed E-state index contributed by atoms with van der Waals surface area (Å²) in [4.78, 5) is 15.6. The summed E-state index contributed by atoms with van der Waals surface area (Å²) in [7, 11) is 0. The van der Waals surface area contributed by atoms with Gasteiger partial charge >= 0.3 is 0 Å². The second-order valence-electron chi connectivity index (χ2n) is 3.75. The third kappa shape index (κ3) is 2.35. The van der Waals surface area contributed by atoms with Crippen LogP contribution in [0.4, 0.5) is 5.69 Å². The predicted octanol–water partition coefficient (Wildman–Crippen LogP) is 2.66. The molecule has 0 saturated carbocycles. The summed E-state index contributed by atoms with van der Waals surface area (Å²) in [6, 6.07) is 4.64. The maximum absolute atomic E-state index is 11.1. The Bertz CT molecular complexity index is 580. The molecule has 0 bridgehead atoms. The van der Waals surface area contributed by atoms with Crippen molar-refractivity contribution >= 4 is 33.4 Å². The van der Waals surface area contributed by atoms with E-state index in [0.717, 1.165) is 4.47 Å². The zero-order chi connectivity index (χ0) is 13.3. The first-order chi connectivity index (χ1) is 8.49. The Balaban J connectivity index is 2.49. The average Bonchev–Trinajstić information content (AvgIpc) is 2.61. The first-order valence-electron chi connectivity index (χ1n) is 5.07. The maximum atomic E-state index is 11.1. The lowest BCUT2D eigenvalue weighted by Crippen LogP contribution is -2.02. The van der Waals surface area contributed by atoms with E-state index in [4.69, 9.17) is 4.84 Å². The van der Waals surface area contributed by atoms with Crippen LogP contribution in [-0.4, -0.2) is 22.1 Å². The Labute approximate surface area is 111 Å². The number of rotatable bonds is 2. The van der Waals surface area contributed by atoms with Gasteiger partial charge in [-0.1, -0.05) is 15.9 Å². The Morgan fingerprint density at radius 2 is 2.28 bits per heavy atom. The van der Waals surface area contributed by atoms with Crippen LogP contribution in [-0.2, 0) is 4.84 Å². The van der Waals surface area contributed by atoms with Gasteiger partial charge in [-0.05, 0) is 18.2 Å². The topological polar surface area (TPSA) is 78.4 Å². The molecule has 1 heterocycles. The summed E-state index contributed by atoms with van der Waals surface area (Å²) in [6.45, 7) is 1.73. The molecule has 1 aromatic carbocycles. The van der Waals surface area contributed by atoms with Crippen LogP contribution in [0.15, 0.2) is 28.2 Å². The number of halogens is 1. The highest BCUT2D eigenvalue weighted by molar-refractivity contribution is 9.10. The minimum absolute atomic E-state index is 0.0113. The van der Waals surface area contributed by atoms with Gasteiger partial charge in [0.15, 0.2) is 0 Å². The van der Waals surface area contributed by atoms with Gasteiger partial charge in [0.05, 0.1) is 17.1 Å². The normalized spacial score (nSPS) is 17.1. The quantitative estimate of drug-likeness (QED) is 0.478. The molecule has 0 fully saturated rings. The minimum Gasteiger partial charge on any atom is -0.398 e. The van der Waals surface area contributed by atoms with Crippen molar-refractivity contribution in [2.75, 3.05) is 6.61 Å². The van der Waals surface area contributed by atoms with Crippen molar-refractivity contribution in [3.63, 3.8) is 0 Å². The first kappa shape index (κ1) is 12.6. The molecule has 0 amide bonds. The van der Waals surface area contributed by atoms with Gasteiger partial charge in [-0.3, -0.25) is 15.3 Å². The van der Waals surface area contributed by atoms with Crippen LogP contribution >= 0.6 is 15.9 Å². The molecular formula is C11H9BrN2O4. The Kier molecular flexibility index (Phi) is 3.33. The van der Waals surface area contributed by atoms with E-state index < -0.39 is 4.92 Å². The largest absolute Gasteiger partial charge is 0.398 e. The second-order valence-corrected chi connectivity index (χ2v) is 4.66. The molecule has 0 aromatic heterocycles. The Hall–Kier alpha value is -1.89. The van der Waals surface area contributed by atoms with Crippen LogP contribution < -0.4 is 0 Å². The van der Waals surface area contributed by atoms with Gasteiger partial charge in [0.25, 0.3) is 5.69 Å². The van der Waals surface area contributed by atoms with Gasteiger partial charge in [-0.2, -0.15) is 0 Å². The molecule has 7 heteroatoms. The molecule has 0 aliphatic carbocycles. The Morgan fingerprint density at radius 3 is 2.83 bits per heavy atom. The van der Waals surface area contributed by atoms with E-state index in [0.29, 0.717) is 21.8 Å². The van der Waals surface area contributed by atoms with Crippen LogP contribution in [0.5, 0.6) is 0 Å². The van der Waals surface area contributed by atoms with E-state index in [-0.39, 0.29) is 12.3 Å². The van der Waals surface area contributed by atoms with Gasteiger partial charge in [0.1, 0.15) is 0 Å². The van der Waals surface area contributed by atoms with Crippen LogP contribution in [0.1, 0.15) is 12.5 Å². The molecule has 0 spiro atoms. The molecule has 18 heavy (non-hydrogen) atoms. The van der Waals surface area contributed by atoms with Gasteiger partial charge in [-0.25, -0.2) is 0 Å². The zero-order valence-electron chi connectivity index (χ0n) is 9.42. The summed E-state index contributed by atoms with van der Waals surface area (Å²) in [6.07, 6.45) is 1.59. The molecule has 0 atom stereocenters. The summed E-state index contributed by atoms with van der Waals surface area (Å²) >= 11 is 3.26. The highest BCUT2D eigenvalue weighted by Gasteiger charge is 2.21. The van der Waals surface area contributed by atoms with Crippen molar-refractivity contribution in [1.29, 1.82) is 0 Å². The van der Waals surface area contributed by atoms with Crippen molar-refractivity contribution < 1.29 is 14.7 Å². The maximum Gasteiger partial charge on any atom is 0.276 e. The summed E-state index contributed by atoms with van der Waals surface area (Å²) in [5.41, 5.74) is 1.46. The zero-order valence-corrected chi connectivity index (χ0v) is 11.0. The average molecular weight is 313 g/mol. The highest BCUT2D eigenvalue weighted by atomic mass is 79.9. The van der Waals surface area contributed by atoms with E-state index in [1.54, 1.807) is 25.1 Å². The van der Waals surface area contributed by atoms with Crippen molar-refractivity contribution in [3.8, 4) is 0 Å². The smallest absolute Gasteiger partial charge is 0.276 e. The summed E-state index contributed by atoms with van der Waals surface area (Å²) in [5, 5.41) is 22.0. The molecule has 1 aliphatic rings. The van der Waals surface area contributed by atoms with E-state index in [1.807, 2.05) is 0 Å². The molecule has 2 rings (SSSR count). The van der Waals surface area contributed by atoms with Crippen molar-refractivity contribution in [3.05, 3.63) is 49.1 Å². The molecule has 94 valence electrons. The Morgan fingerprint density at radius 1 is 1.56 bits per heavy atom. The van der Waals surface area contributed by atoms with Gasteiger partial charge in [0.2, 0.25) is 5.71 Å². The molecule has 0 saturated heterocycles. The second kappa shape index (κ2) is 4.77. The minimum atomic E-state index is -0.459. The molecular weight excluding hydrogens is 304 g/mol. The van der Waals surface area contributed by atoms with Crippen LogP contribution in [0, 0.1) is 15.3 Å². The number of nitro benzene ring substituents is 1. The van der Waals surface area contributed by atoms with Crippen molar-refractivity contribution in [1.82, 2.24) is 0 Å². The van der Waals surface area contributed by atoms with E-state index in [1.165, 1.54) is 6.07 Å². The third-order valence-electron chi connectivity index (χ3n) is 2.59. The molecule has 0 radical (unpaired) electrons. The van der Waals surface area contributed by atoms with Gasteiger partial charge < -0.3 is 4.84 Å². The third-order valence-corrected chi connectivity index (χ3v) is 3.09. The lowest BCUT2D eigenvalue weighted by Gasteiger charge is -1.99. The number of nitrogens with zero attached hydrogens (tertiary/aromatic N) is 2. The fourth-order valence-corrected chi connectivity index (χ4v) is 1.97. The monoisotopic (exact) mass is 312 g/mol. The van der Waals surface area contributed by atoms with Gasteiger partial charge in [0, 0.05) is 27.9 Å².